The molecular formula is C45H48N4O7. The molecule has 11 nitrogen and oxygen atoms in total. The first-order valence-corrected chi connectivity index (χ1v) is 19.2. The van der Waals surface area contributed by atoms with Crippen LogP contribution in [0.3, 0.4) is 0 Å². The Kier molecular flexibility index (Phi) is 10.0. The van der Waals surface area contributed by atoms with Crippen LogP contribution in [0.15, 0.2) is 85.2 Å². The molecule has 0 aliphatic carbocycles. The third-order valence-electron chi connectivity index (χ3n) is 11.4. The molecule has 4 heterocycles. The van der Waals surface area contributed by atoms with E-state index in [0.29, 0.717) is 47.9 Å². The van der Waals surface area contributed by atoms with Crippen LogP contribution in [0.1, 0.15) is 70.5 Å². The highest BCUT2D eigenvalue weighted by atomic mass is 16.5. The minimum absolute atomic E-state index is 0.0103. The third kappa shape index (κ3) is 6.86. The molecule has 290 valence electrons. The van der Waals surface area contributed by atoms with Gasteiger partial charge < -0.3 is 44.1 Å². The number of aryl methyl sites for hydroxylation is 1. The summed E-state index contributed by atoms with van der Waals surface area (Å²) >= 11 is 0. The van der Waals surface area contributed by atoms with Crippen LogP contribution in [0.25, 0.3) is 11.1 Å². The summed E-state index contributed by atoms with van der Waals surface area (Å²) in [5.74, 6) is 3.25. The number of amides is 2. The topological polar surface area (TPSA) is 111 Å². The molecule has 0 saturated heterocycles. The maximum absolute atomic E-state index is 13.9. The van der Waals surface area contributed by atoms with Crippen molar-refractivity contribution in [2.45, 2.75) is 64.2 Å². The number of anilines is 2. The summed E-state index contributed by atoms with van der Waals surface area (Å²) in [6, 6.07) is 23.3. The molecule has 2 N–H and O–H groups in total. The Labute approximate surface area is 327 Å². The van der Waals surface area contributed by atoms with Crippen LogP contribution in [0, 0.1) is 6.92 Å². The third-order valence-corrected chi connectivity index (χ3v) is 11.4. The first-order chi connectivity index (χ1) is 27.1. The molecule has 4 aliphatic rings. The minimum atomic E-state index is -0.0829. The molecule has 0 spiro atoms. The van der Waals surface area contributed by atoms with Crippen molar-refractivity contribution in [1.82, 2.24) is 9.80 Å². The number of hydrogen-bond acceptors (Lipinski definition) is 9. The van der Waals surface area contributed by atoms with Crippen LogP contribution in [0.5, 0.6) is 28.7 Å². The van der Waals surface area contributed by atoms with E-state index in [4.69, 9.17) is 23.7 Å². The standard InChI is InChI=1S/C45H48N4O7/c1-26-18-35-37(46-27(2)39-19-31(24-48(39)44(35)50)29-8-12-33(52-4)13-9-29)22-41(26)55-16-7-17-56-43-23-38-36(21-42(43)54-6)45(51)49-25-32(20-40(49)28(3)47-38)30-10-14-34(53-5)15-11-30/h8-15,18,21-25,27-28,39-40,46-47H,7,16-17,19-20H2,1-6H3. The normalized spacial score (nSPS) is 20.9. The van der Waals surface area contributed by atoms with Gasteiger partial charge in [0.2, 0.25) is 0 Å². The number of methoxy groups -OCH3 is 3. The summed E-state index contributed by atoms with van der Waals surface area (Å²) in [5, 5.41) is 7.19. The van der Waals surface area contributed by atoms with Gasteiger partial charge in [-0.3, -0.25) is 9.59 Å². The van der Waals surface area contributed by atoms with Crippen molar-refractivity contribution >= 4 is 34.3 Å². The Morgan fingerprint density at radius 1 is 0.607 bits per heavy atom. The zero-order valence-electron chi connectivity index (χ0n) is 32.7. The van der Waals surface area contributed by atoms with E-state index in [-0.39, 0.29) is 36.0 Å². The molecule has 11 heteroatoms. The van der Waals surface area contributed by atoms with Crippen molar-refractivity contribution in [3.63, 3.8) is 0 Å². The van der Waals surface area contributed by atoms with Crippen LogP contribution >= 0.6 is 0 Å². The predicted molar refractivity (Wildman–Crippen MR) is 217 cm³/mol. The van der Waals surface area contributed by atoms with Crippen LogP contribution < -0.4 is 34.3 Å². The fourth-order valence-electron chi connectivity index (χ4n) is 8.18. The van der Waals surface area contributed by atoms with Gasteiger partial charge in [0.05, 0.1) is 69.1 Å². The minimum Gasteiger partial charge on any atom is -0.497 e. The van der Waals surface area contributed by atoms with Crippen LogP contribution in [0.2, 0.25) is 0 Å². The van der Waals surface area contributed by atoms with Gasteiger partial charge in [0.1, 0.15) is 17.2 Å². The second-order valence-electron chi connectivity index (χ2n) is 14.9. The number of carbonyl (C=O) groups excluding carboxylic acids is 2. The van der Waals surface area contributed by atoms with Crippen LogP contribution in [-0.2, 0) is 0 Å². The number of carbonyl (C=O) groups is 2. The summed E-state index contributed by atoms with van der Waals surface area (Å²) in [5.41, 5.74) is 7.92. The van der Waals surface area contributed by atoms with Crippen LogP contribution in [0.4, 0.5) is 11.4 Å². The zero-order chi connectivity index (χ0) is 39.1. The Balaban J connectivity index is 0.908. The van der Waals surface area contributed by atoms with E-state index in [1.807, 2.05) is 95.9 Å². The molecule has 4 aromatic rings. The summed E-state index contributed by atoms with van der Waals surface area (Å²) in [4.78, 5) is 31.6. The number of benzene rings is 4. The summed E-state index contributed by atoms with van der Waals surface area (Å²) in [6.45, 7) is 6.96. The van der Waals surface area contributed by atoms with E-state index >= 15 is 0 Å². The van der Waals surface area contributed by atoms with E-state index in [1.54, 1.807) is 27.4 Å². The molecule has 2 amide bonds. The average molecular weight is 757 g/mol. The van der Waals surface area contributed by atoms with Gasteiger partial charge in [-0.1, -0.05) is 24.3 Å². The van der Waals surface area contributed by atoms with Crippen molar-refractivity contribution in [3.8, 4) is 28.7 Å². The lowest BCUT2D eigenvalue weighted by molar-refractivity contribution is 0.0775. The Morgan fingerprint density at radius 3 is 1.55 bits per heavy atom. The number of rotatable bonds is 11. The van der Waals surface area contributed by atoms with Gasteiger partial charge in [-0.2, -0.15) is 0 Å². The van der Waals surface area contributed by atoms with Crippen molar-refractivity contribution in [2.24, 2.45) is 0 Å². The maximum atomic E-state index is 13.9. The van der Waals surface area contributed by atoms with E-state index in [1.165, 1.54) is 0 Å². The molecule has 0 fully saturated rings. The molecule has 0 saturated carbocycles. The smallest absolute Gasteiger partial charge is 0.260 e. The molecule has 4 aliphatic heterocycles. The van der Waals surface area contributed by atoms with Crippen molar-refractivity contribution < 1.29 is 33.3 Å². The largest absolute Gasteiger partial charge is 0.497 e. The first-order valence-electron chi connectivity index (χ1n) is 19.2. The monoisotopic (exact) mass is 756 g/mol. The summed E-state index contributed by atoms with van der Waals surface area (Å²) < 4.78 is 28.8. The lowest BCUT2D eigenvalue weighted by Gasteiger charge is -2.26. The second-order valence-corrected chi connectivity index (χ2v) is 14.9. The molecular weight excluding hydrogens is 709 g/mol. The number of ether oxygens (including phenoxy) is 5. The molecule has 4 aromatic carbocycles. The maximum Gasteiger partial charge on any atom is 0.260 e. The molecule has 0 bridgehead atoms. The molecule has 0 radical (unpaired) electrons. The average Bonchev–Trinajstić information content (AvgIpc) is 3.84. The van der Waals surface area contributed by atoms with Gasteiger partial charge >= 0.3 is 0 Å². The molecule has 56 heavy (non-hydrogen) atoms. The van der Waals surface area contributed by atoms with Crippen LogP contribution in [-0.4, -0.2) is 80.3 Å². The van der Waals surface area contributed by atoms with Crippen molar-refractivity contribution in [3.05, 3.63) is 113 Å². The second kappa shape index (κ2) is 15.2. The number of fused-ring (bicyclic) bond motifs is 4. The zero-order valence-corrected chi connectivity index (χ0v) is 32.7. The summed E-state index contributed by atoms with van der Waals surface area (Å²) in [6.07, 6.45) is 6.06. The van der Waals surface area contributed by atoms with Gasteiger partial charge in [-0.25, -0.2) is 0 Å². The van der Waals surface area contributed by atoms with E-state index < -0.39 is 0 Å². The SMILES string of the molecule is COc1ccc(C2=CN3C(=O)c4cc(C)c(OCCCOc5cc6c(cc5OC)C(=O)N5C=C(c7ccc(OC)cc7)CC5C(C)N6)cc4NC(C)C3C2)cc1. The van der Waals surface area contributed by atoms with Gasteiger partial charge in [-0.05, 0) is 97.8 Å². The lowest BCUT2D eigenvalue weighted by Crippen LogP contribution is -2.40. The van der Waals surface area contributed by atoms with Gasteiger partial charge in [0.25, 0.3) is 11.8 Å². The highest BCUT2D eigenvalue weighted by molar-refractivity contribution is 6.04. The van der Waals surface area contributed by atoms with Gasteiger partial charge in [0, 0.05) is 43.0 Å². The highest BCUT2D eigenvalue weighted by Gasteiger charge is 2.40. The molecule has 4 atom stereocenters. The van der Waals surface area contributed by atoms with E-state index in [0.717, 1.165) is 63.6 Å². The Morgan fingerprint density at radius 2 is 1.07 bits per heavy atom. The quantitative estimate of drug-likeness (QED) is 0.147. The van der Waals surface area contributed by atoms with E-state index in [9.17, 15) is 9.59 Å². The molecule has 8 rings (SSSR count). The fraction of sp³-hybridized carbons (Fsp3) is 0.333. The number of nitrogens with zero attached hydrogens (tertiary/aromatic N) is 2. The Bertz CT molecular complexity index is 2210. The highest BCUT2D eigenvalue weighted by Crippen LogP contribution is 2.42. The lowest BCUT2D eigenvalue weighted by atomic mass is 9.99. The molecule has 4 unspecified atom stereocenters. The first kappa shape index (κ1) is 36.9. The van der Waals surface area contributed by atoms with E-state index in [2.05, 4.69) is 24.5 Å². The number of hydrogen-bond donors (Lipinski definition) is 2. The van der Waals surface area contributed by atoms with Crippen molar-refractivity contribution in [1.29, 1.82) is 0 Å². The van der Waals surface area contributed by atoms with Gasteiger partial charge in [-0.15, -0.1) is 0 Å². The summed E-state index contributed by atoms with van der Waals surface area (Å²) in [7, 11) is 4.89. The molecule has 0 aromatic heterocycles. The van der Waals surface area contributed by atoms with Crippen molar-refractivity contribution in [2.75, 3.05) is 45.2 Å². The Hall–Kier alpha value is -6.10. The number of nitrogens with one attached hydrogen (secondary N) is 2. The fourth-order valence-corrected chi connectivity index (χ4v) is 8.18. The van der Waals surface area contributed by atoms with Gasteiger partial charge in [0.15, 0.2) is 11.5 Å². The predicted octanol–water partition coefficient (Wildman–Crippen LogP) is 8.01.